The van der Waals surface area contributed by atoms with Crippen LogP contribution in [0.1, 0.15) is 13.3 Å². The first kappa shape index (κ1) is 12.5. The molecule has 0 unspecified atom stereocenters. The van der Waals surface area contributed by atoms with Gasteiger partial charge in [0.05, 0.1) is 11.1 Å². The van der Waals surface area contributed by atoms with Crippen molar-refractivity contribution in [1.82, 2.24) is 0 Å². The molecule has 0 amide bonds. The predicted octanol–water partition coefficient (Wildman–Crippen LogP) is 2.50. The van der Waals surface area contributed by atoms with E-state index >= 15 is 0 Å². The topological polar surface area (TPSA) is 52.6 Å². The van der Waals surface area contributed by atoms with E-state index in [1.807, 2.05) is 6.92 Å². The molecule has 84 valence electrons. The molecule has 0 aliphatic carbocycles. The average molecular weight is 295 g/mol. The summed E-state index contributed by atoms with van der Waals surface area (Å²) >= 11 is 3.17. The summed E-state index contributed by atoms with van der Waals surface area (Å²) in [5.41, 5.74) is 0. The lowest BCUT2D eigenvalue weighted by Gasteiger charge is -2.07. The average Bonchev–Trinajstić information content (AvgIpc) is 2.18. The van der Waals surface area contributed by atoms with Crippen molar-refractivity contribution in [2.75, 3.05) is 6.61 Å². The molecule has 0 spiro atoms. The van der Waals surface area contributed by atoms with Gasteiger partial charge < -0.3 is 4.18 Å². The van der Waals surface area contributed by atoms with Gasteiger partial charge in [0.25, 0.3) is 0 Å². The first-order chi connectivity index (χ1) is 7.05. The third-order valence-corrected chi connectivity index (χ3v) is 2.95. The Balaban J connectivity index is 2.74. The van der Waals surface area contributed by atoms with Gasteiger partial charge in [-0.15, -0.1) is 0 Å². The first-order valence-electron chi connectivity index (χ1n) is 4.38. The minimum Gasteiger partial charge on any atom is -0.360 e. The van der Waals surface area contributed by atoms with Gasteiger partial charge in [-0.3, -0.25) is 0 Å². The molecule has 0 saturated heterocycles. The van der Waals surface area contributed by atoms with Crippen LogP contribution in [0.3, 0.4) is 0 Å². The lowest BCUT2D eigenvalue weighted by atomic mass is 10.3. The summed E-state index contributed by atoms with van der Waals surface area (Å²) in [5, 5.41) is 0. The van der Waals surface area contributed by atoms with Crippen LogP contribution >= 0.6 is 15.9 Å². The first-order valence-corrected chi connectivity index (χ1v) is 6.51. The third kappa shape index (κ3) is 4.19. The summed E-state index contributed by atoms with van der Waals surface area (Å²) in [6.45, 7) is 1.93. The Morgan fingerprint density at radius 1 is 1.33 bits per heavy atom. The summed E-state index contributed by atoms with van der Waals surface area (Å²) < 4.78 is 32.4. The van der Waals surface area contributed by atoms with Gasteiger partial charge in [-0.05, 0) is 34.5 Å². The minimum absolute atomic E-state index is 0.118. The Kier molecular flexibility index (Phi) is 4.56. The molecule has 6 heteroatoms. The highest BCUT2D eigenvalue weighted by molar-refractivity contribution is 9.10. The van der Waals surface area contributed by atoms with Crippen LogP contribution in [-0.2, 0) is 14.6 Å². The van der Waals surface area contributed by atoms with Gasteiger partial charge in [0, 0.05) is 0 Å². The summed E-state index contributed by atoms with van der Waals surface area (Å²) in [6.07, 6.45) is 0.610. The van der Waals surface area contributed by atoms with E-state index in [1.165, 1.54) is 6.07 Å². The van der Waals surface area contributed by atoms with Crippen molar-refractivity contribution < 1.29 is 16.8 Å². The zero-order chi connectivity index (χ0) is 11.3. The van der Waals surface area contributed by atoms with E-state index in [1.54, 1.807) is 18.2 Å². The zero-order valence-electron chi connectivity index (χ0n) is 8.14. The lowest BCUT2D eigenvalue weighted by Crippen LogP contribution is -2.13. The molecule has 0 heterocycles. The predicted molar refractivity (Wildman–Crippen MR) is 59.9 cm³/mol. The van der Waals surface area contributed by atoms with Gasteiger partial charge in [0.15, 0.2) is 5.75 Å². The van der Waals surface area contributed by atoms with Crippen LogP contribution in [0.2, 0.25) is 0 Å². The lowest BCUT2D eigenvalue weighted by molar-refractivity contribution is 0.273. The standard InChI is InChI=1S/C9H11BrO4S/c1-2-7-13-15(11,12)14-9-6-4-3-5-8(9)10/h3-6H,2,7H2,1H3. The van der Waals surface area contributed by atoms with E-state index in [9.17, 15) is 8.42 Å². The molecule has 0 radical (unpaired) electrons. The zero-order valence-corrected chi connectivity index (χ0v) is 10.5. The van der Waals surface area contributed by atoms with Crippen molar-refractivity contribution in [3.05, 3.63) is 28.7 Å². The smallest absolute Gasteiger partial charge is 0.360 e. The van der Waals surface area contributed by atoms with Crippen LogP contribution in [0.5, 0.6) is 5.75 Å². The molecule has 0 bridgehead atoms. The van der Waals surface area contributed by atoms with E-state index in [4.69, 9.17) is 4.18 Å². The van der Waals surface area contributed by atoms with E-state index in [0.29, 0.717) is 10.9 Å². The number of hydrogen-bond donors (Lipinski definition) is 0. The van der Waals surface area contributed by atoms with E-state index in [-0.39, 0.29) is 12.4 Å². The fourth-order valence-electron chi connectivity index (χ4n) is 0.832. The van der Waals surface area contributed by atoms with Crippen molar-refractivity contribution in [3.63, 3.8) is 0 Å². The maximum absolute atomic E-state index is 11.2. The van der Waals surface area contributed by atoms with Gasteiger partial charge in [-0.2, -0.15) is 8.42 Å². The second-order valence-electron chi connectivity index (χ2n) is 2.74. The van der Waals surface area contributed by atoms with Gasteiger partial charge in [0.1, 0.15) is 0 Å². The van der Waals surface area contributed by atoms with Crippen molar-refractivity contribution in [2.24, 2.45) is 0 Å². The van der Waals surface area contributed by atoms with Crippen LogP contribution < -0.4 is 4.18 Å². The number of benzene rings is 1. The van der Waals surface area contributed by atoms with E-state index in [0.717, 1.165) is 0 Å². The van der Waals surface area contributed by atoms with Crippen LogP contribution in [0.25, 0.3) is 0 Å². The quantitative estimate of drug-likeness (QED) is 0.837. The number of rotatable bonds is 5. The van der Waals surface area contributed by atoms with Crippen molar-refractivity contribution >= 4 is 26.3 Å². The molecule has 0 saturated carbocycles. The number of hydrogen-bond acceptors (Lipinski definition) is 4. The molecule has 4 nitrogen and oxygen atoms in total. The van der Waals surface area contributed by atoms with Crippen molar-refractivity contribution in [3.8, 4) is 5.75 Å². The van der Waals surface area contributed by atoms with Gasteiger partial charge in [-0.1, -0.05) is 19.1 Å². The van der Waals surface area contributed by atoms with Gasteiger partial charge in [-0.25, -0.2) is 4.18 Å². The Labute approximate surface area is 97.7 Å². The molecule has 0 aliphatic rings. The number of halogens is 1. The summed E-state index contributed by atoms with van der Waals surface area (Å²) in [6, 6.07) is 6.66. The molecule has 0 N–H and O–H groups in total. The summed E-state index contributed by atoms with van der Waals surface area (Å²) in [7, 11) is -3.95. The highest BCUT2D eigenvalue weighted by Gasteiger charge is 2.14. The van der Waals surface area contributed by atoms with Crippen LogP contribution in [0.15, 0.2) is 28.7 Å². The Bertz CT molecular complexity index is 416. The SMILES string of the molecule is CCCOS(=O)(=O)Oc1ccccc1Br. The molecule has 0 fully saturated rings. The third-order valence-electron chi connectivity index (χ3n) is 1.46. The second kappa shape index (κ2) is 5.48. The van der Waals surface area contributed by atoms with Crippen LogP contribution in [0, 0.1) is 0 Å². The molecular weight excluding hydrogens is 284 g/mol. The molecule has 15 heavy (non-hydrogen) atoms. The molecule has 1 aromatic carbocycles. The van der Waals surface area contributed by atoms with Crippen molar-refractivity contribution in [1.29, 1.82) is 0 Å². The molecule has 1 aromatic rings. The molecular formula is C9H11BrO4S. The summed E-state index contributed by atoms with van der Waals surface area (Å²) in [5.74, 6) is 0.216. The molecule has 0 aromatic heterocycles. The fraction of sp³-hybridized carbons (Fsp3) is 0.333. The fourth-order valence-corrected chi connectivity index (χ4v) is 2.09. The van der Waals surface area contributed by atoms with Crippen molar-refractivity contribution in [2.45, 2.75) is 13.3 Å². The van der Waals surface area contributed by atoms with Crippen LogP contribution in [-0.4, -0.2) is 15.0 Å². The van der Waals surface area contributed by atoms with Gasteiger partial charge in [0.2, 0.25) is 0 Å². The van der Waals surface area contributed by atoms with E-state index < -0.39 is 10.4 Å². The minimum atomic E-state index is -3.95. The monoisotopic (exact) mass is 294 g/mol. The van der Waals surface area contributed by atoms with Crippen LogP contribution in [0.4, 0.5) is 0 Å². The molecule has 0 aliphatic heterocycles. The Morgan fingerprint density at radius 3 is 2.60 bits per heavy atom. The maximum atomic E-state index is 11.2. The molecule has 0 atom stereocenters. The second-order valence-corrected chi connectivity index (χ2v) is 4.82. The van der Waals surface area contributed by atoms with E-state index in [2.05, 4.69) is 20.1 Å². The normalized spacial score (nSPS) is 11.3. The largest absolute Gasteiger partial charge is 0.449 e. The number of para-hydroxylation sites is 1. The maximum Gasteiger partial charge on any atom is 0.449 e. The Hall–Kier alpha value is -0.590. The highest BCUT2D eigenvalue weighted by Crippen LogP contribution is 2.25. The highest BCUT2D eigenvalue weighted by atomic mass is 79.9. The summed E-state index contributed by atoms with van der Waals surface area (Å²) in [4.78, 5) is 0. The Morgan fingerprint density at radius 2 is 2.00 bits per heavy atom. The van der Waals surface area contributed by atoms with Gasteiger partial charge >= 0.3 is 10.4 Å². The molecule has 1 rings (SSSR count).